The van der Waals surface area contributed by atoms with E-state index in [-0.39, 0.29) is 11.7 Å². The van der Waals surface area contributed by atoms with E-state index in [0.29, 0.717) is 0 Å². The molecule has 0 spiro atoms. The largest absolute Gasteiger partial charge is 0.310 e. The number of hydrogen-bond acceptors (Lipinski definition) is 3. The summed E-state index contributed by atoms with van der Waals surface area (Å²) in [6, 6.07) is 9.20. The second kappa shape index (κ2) is 6.36. The van der Waals surface area contributed by atoms with Gasteiger partial charge in [0.15, 0.2) is 0 Å². The van der Waals surface area contributed by atoms with Crippen molar-refractivity contribution in [3.63, 3.8) is 0 Å². The third-order valence-electron chi connectivity index (χ3n) is 5.60. The summed E-state index contributed by atoms with van der Waals surface area (Å²) >= 11 is 0. The monoisotopic (exact) mass is 332 g/mol. The Labute approximate surface area is 140 Å². The van der Waals surface area contributed by atoms with Gasteiger partial charge in [0, 0.05) is 25.2 Å². The molecule has 3 heterocycles. The summed E-state index contributed by atoms with van der Waals surface area (Å²) in [6.07, 6.45) is 7.79. The number of carbonyl (C=O) groups is 1. The zero-order valence-electron chi connectivity index (χ0n) is 13.4. The molecule has 2 fully saturated rings. The fourth-order valence-corrected chi connectivity index (χ4v) is 5.70. The maximum Gasteiger partial charge on any atom is 0.240 e. The molecule has 3 aliphatic rings. The topological polar surface area (TPSA) is 40.6 Å². The predicted octanol–water partition coefficient (Wildman–Crippen LogP) is 2.55. The van der Waals surface area contributed by atoms with Crippen LogP contribution in [0.4, 0.5) is 5.69 Å². The van der Waals surface area contributed by atoms with Gasteiger partial charge >= 0.3 is 0 Å². The standard InChI is InChI=1S/C18H24N2O2S/c21-18-13-23(22)17-8-2-1-7-16(17)20(18)12-4-11-19-14-5-3-6-15(19)10-9-14/h1-2,7-8,14-15H,3-6,9-13H2. The van der Waals surface area contributed by atoms with Crippen LogP contribution in [0.2, 0.25) is 0 Å². The first-order valence-corrected chi connectivity index (χ1v) is 10.1. The molecule has 0 aromatic heterocycles. The van der Waals surface area contributed by atoms with Gasteiger partial charge in [0.25, 0.3) is 0 Å². The maximum atomic E-state index is 12.3. The van der Waals surface area contributed by atoms with Gasteiger partial charge in [0.1, 0.15) is 5.75 Å². The van der Waals surface area contributed by atoms with Crippen LogP contribution in [0.3, 0.4) is 0 Å². The first-order valence-electron chi connectivity index (χ1n) is 8.77. The number of fused-ring (bicyclic) bond motifs is 3. The summed E-state index contributed by atoms with van der Waals surface area (Å²) in [4.78, 5) is 17.7. The van der Waals surface area contributed by atoms with E-state index in [0.717, 1.165) is 42.2 Å². The molecule has 4 nitrogen and oxygen atoms in total. The number of carbonyl (C=O) groups excluding carboxylic acids is 1. The number of piperidine rings is 1. The molecule has 3 atom stereocenters. The van der Waals surface area contributed by atoms with Crippen molar-refractivity contribution in [1.82, 2.24) is 4.90 Å². The van der Waals surface area contributed by atoms with E-state index < -0.39 is 10.8 Å². The molecule has 3 aliphatic heterocycles. The van der Waals surface area contributed by atoms with Gasteiger partial charge in [-0.25, -0.2) is 0 Å². The quantitative estimate of drug-likeness (QED) is 0.851. The van der Waals surface area contributed by atoms with Gasteiger partial charge in [-0.05, 0) is 44.2 Å². The molecule has 0 radical (unpaired) electrons. The van der Waals surface area contributed by atoms with Crippen molar-refractivity contribution < 1.29 is 9.00 Å². The average molecular weight is 332 g/mol. The van der Waals surface area contributed by atoms with Gasteiger partial charge in [-0.1, -0.05) is 18.6 Å². The van der Waals surface area contributed by atoms with Crippen molar-refractivity contribution in [3.8, 4) is 0 Å². The molecule has 2 bridgehead atoms. The molecule has 23 heavy (non-hydrogen) atoms. The van der Waals surface area contributed by atoms with Gasteiger partial charge in [-0.15, -0.1) is 0 Å². The lowest BCUT2D eigenvalue weighted by Gasteiger charge is -2.35. The van der Waals surface area contributed by atoms with Gasteiger partial charge in [-0.2, -0.15) is 0 Å². The number of para-hydroxylation sites is 1. The predicted molar refractivity (Wildman–Crippen MR) is 92.1 cm³/mol. The number of anilines is 1. The van der Waals surface area contributed by atoms with Crippen LogP contribution in [0.5, 0.6) is 0 Å². The molecule has 1 aromatic carbocycles. The van der Waals surface area contributed by atoms with Crippen LogP contribution >= 0.6 is 0 Å². The first kappa shape index (κ1) is 15.3. The lowest BCUT2D eigenvalue weighted by molar-refractivity contribution is -0.116. The molecule has 5 heteroatoms. The molecule has 2 saturated heterocycles. The maximum absolute atomic E-state index is 12.3. The summed E-state index contributed by atoms with van der Waals surface area (Å²) in [5.74, 6) is 0.134. The Kier molecular flexibility index (Phi) is 4.24. The van der Waals surface area contributed by atoms with Crippen LogP contribution < -0.4 is 4.90 Å². The Morgan fingerprint density at radius 3 is 2.57 bits per heavy atom. The van der Waals surface area contributed by atoms with Crippen LogP contribution in [-0.2, 0) is 15.6 Å². The highest BCUT2D eigenvalue weighted by Crippen LogP contribution is 2.35. The zero-order valence-corrected chi connectivity index (χ0v) is 14.3. The Hall–Kier alpha value is -1.20. The number of nitrogens with zero attached hydrogens (tertiary/aromatic N) is 2. The van der Waals surface area contributed by atoms with Crippen LogP contribution in [0.25, 0.3) is 0 Å². The highest BCUT2D eigenvalue weighted by atomic mass is 32.2. The second-order valence-corrected chi connectivity index (χ2v) is 8.33. The molecule has 3 unspecified atom stereocenters. The molecular formula is C18H24N2O2S. The zero-order chi connectivity index (χ0) is 15.8. The van der Waals surface area contributed by atoms with Crippen LogP contribution in [0.1, 0.15) is 38.5 Å². The number of hydrogen-bond donors (Lipinski definition) is 0. The molecule has 1 amide bonds. The summed E-state index contributed by atoms with van der Waals surface area (Å²) in [7, 11) is -1.18. The van der Waals surface area contributed by atoms with Crippen molar-refractivity contribution in [2.24, 2.45) is 0 Å². The van der Waals surface area contributed by atoms with Crippen molar-refractivity contribution in [2.75, 3.05) is 23.7 Å². The first-order chi connectivity index (χ1) is 11.2. The van der Waals surface area contributed by atoms with Crippen molar-refractivity contribution in [3.05, 3.63) is 24.3 Å². The fraction of sp³-hybridized carbons (Fsp3) is 0.611. The molecule has 0 saturated carbocycles. The average Bonchev–Trinajstić information content (AvgIpc) is 2.78. The van der Waals surface area contributed by atoms with Crippen molar-refractivity contribution in [1.29, 1.82) is 0 Å². The van der Waals surface area contributed by atoms with Gasteiger partial charge in [0.05, 0.1) is 21.4 Å². The van der Waals surface area contributed by atoms with E-state index in [1.54, 1.807) is 0 Å². The molecule has 4 rings (SSSR count). The minimum Gasteiger partial charge on any atom is -0.310 e. The number of amides is 1. The van der Waals surface area contributed by atoms with Crippen molar-refractivity contribution in [2.45, 2.75) is 55.5 Å². The number of rotatable bonds is 4. The minimum atomic E-state index is -1.18. The minimum absolute atomic E-state index is 0.00338. The highest BCUT2D eigenvalue weighted by Gasteiger charge is 2.36. The SMILES string of the molecule is O=C1CS(=O)c2ccccc2N1CCCN1C2CCCC1CC2. The summed E-state index contributed by atoms with van der Waals surface area (Å²) in [6.45, 7) is 1.83. The molecule has 0 aliphatic carbocycles. The van der Waals surface area contributed by atoms with E-state index in [4.69, 9.17) is 0 Å². The smallest absolute Gasteiger partial charge is 0.240 e. The summed E-state index contributed by atoms with van der Waals surface area (Å²) in [5.41, 5.74) is 0.851. The third kappa shape index (κ3) is 2.85. The van der Waals surface area contributed by atoms with Gasteiger partial charge in [-0.3, -0.25) is 13.9 Å². The summed E-state index contributed by atoms with van der Waals surface area (Å²) < 4.78 is 12.1. The normalized spacial score (nSPS) is 30.5. The lowest BCUT2D eigenvalue weighted by Crippen LogP contribution is -2.43. The molecule has 1 aromatic rings. The number of benzene rings is 1. The van der Waals surface area contributed by atoms with Crippen molar-refractivity contribution >= 4 is 22.4 Å². The Morgan fingerprint density at radius 2 is 1.78 bits per heavy atom. The highest BCUT2D eigenvalue weighted by molar-refractivity contribution is 7.86. The van der Waals surface area contributed by atoms with Crippen LogP contribution in [0, 0.1) is 0 Å². The Balaban J connectivity index is 1.42. The van der Waals surface area contributed by atoms with E-state index in [1.807, 2.05) is 29.2 Å². The molecule has 0 N–H and O–H groups in total. The molecular weight excluding hydrogens is 308 g/mol. The van der Waals surface area contributed by atoms with Gasteiger partial charge < -0.3 is 4.90 Å². The van der Waals surface area contributed by atoms with E-state index >= 15 is 0 Å². The summed E-state index contributed by atoms with van der Waals surface area (Å²) in [5, 5.41) is 0. The third-order valence-corrected chi connectivity index (χ3v) is 6.95. The molecule has 124 valence electrons. The van der Waals surface area contributed by atoms with E-state index in [1.165, 1.54) is 32.1 Å². The second-order valence-electron chi connectivity index (χ2n) is 6.91. The van der Waals surface area contributed by atoms with Crippen LogP contribution in [-0.4, -0.2) is 45.9 Å². The van der Waals surface area contributed by atoms with E-state index in [2.05, 4.69) is 4.90 Å². The van der Waals surface area contributed by atoms with E-state index in [9.17, 15) is 9.00 Å². The van der Waals surface area contributed by atoms with Gasteiger partial charge in [0.2, 0.25) is 5.91 Å². The fourth-order valence-electron chi connectivity index (χ4n) is 4.52. The lowest BCUT2D eigenvalue weighted by atomic mass is 10.0. The Bertz CT molecular complexity index is 617. The Morgan fingerprint density at radius 1 is 1.04 bits per heavy atom. The van der Waals surface area contributed by atoms with Crippen LogP contribution in [0.15, 0.2) is 29.2 Å².